The van der Waals surface area contributed by atoms with Crippen molar-refractivity contribution >= 4 is 11.3 Å². The molecule has 4 heteroatoms. The Hall–Kier alpha value is -1.39. The van der Waals surface area contributed by atoms with Gasteiger partial charge >= 0.3 is 0 Å². The maximum absolute atomic E-state index is 9.47. The summed E-state index contributed by atoms with van der Waals surface area (Å²) in [5, 5.41) is 12.2. The first-order valence-electron chi connectivity index (χ1n) is 5.40. The van der Waals surface area contributed by atoms with Crippen LogP contribution in [0, 0.1) is 6.92 Å². The molecule has 0 amide bonds. The fraction of sp³-hybridized carbons (Fsp3) is 0.308. The summed E-state index contributed by atoms with van der Waals surface area (Å²) in [6, 6.07) is 6.01. The van der Waals surface area contributed by atoms with Crippen LogP contribution in [-0.2, 0) is 0 Å². The first-order valence-corrected chi connectivity index (χ1v) is 6.28. The number of rotatable bonds is 3. The highest BCUT2D eigenvalue weighted by Crippen LogP contribution is 2.33. The molecule has 1 aromatic carbocycles. The maximum atomic E-state index is 9.47. The van der Waals surface area contributed by atoms with Gasteiger partial charge in [0.2, 0.25) is 0 Å². The highest BCUT2D eigenvalue weighted by molar-refractivity contribution is 7.13. The van der Waals surface area contributed by atoms with Gasteiger partial charge in [0.1, 0.15) is 10.8 Å². The zero-order chi connectivity index (χ0) is 12.4. The first kappa shape index (κ1) is 12.1. The number of methoxy groups -OCH3 is 1. The van der Waals surface area contributed by atoms with Crippen molar-refractivity contribution in [1.82, 2.24) is 4.98 Å². The van der Waals surface area contributed by atoms with Gasteiger partial charge in [-0.1, -0.05) is 6.07 Å². The van der Waals surface area contributed by atoms with Crippen molar-refractivity contribution in [2.75, 3.05) is 7.11 Å². The molecule has 0 saturated carbocycles. The number of benzene rings is 1. The van der Waals surface area contributed by atoms with Gasteiger partial charge in [-0.2, -0.15) is 0 Å². The van der Waals surface area contributed by atoms with Gasteiger partial charge in [0, 0.05) is 5.38 Å². The smallest absolute Gasteiger partial charge is 0.129 e. The van der Waals surface area contributed by atoms with Gasteiger partial charge in [-0.05, 0) is 31.5 Å². The molecule has 1 heterocycles. The SMILES string of the molecule is COc1cc(C)ccc1-c1nc(C(C)O)cs1. The van der Waals surface area contributed by atoms with Crippen LogP contribution in [0.3, 0.4) is 0 Å². The highest BCUT2D eigenvalue weighted by Gasteiger charge is 2.12. The number of aryl methyl sites for hydroxylation is 1. The second-order valence-electron chi connectivity index (χ2n) is 3.96. The van der Waals surface area contributed by atoms with Crippen molar-refractivity contribution in [3.8, 4) is 16.3 Å². The Morgan fingerprint density at radius 1 is 1.41 bits per heavy atom. The monoisotopic (exact) mass is 249 g/mol. The zero-order valence-electron chi connectivity index (χ0n) is 10.1. The fourth-order valence-corrected chi connectivity index (χ4v) is 2.51. The molecule has 17 heavy (non-hydrogen) atoms. The second kappa shape index (κ2) is 4.85. The molecule has 1 atom stereocenters. The van der Waals surface area contributed by atoms with Gasteiger partial charge in [0.05, 0.1) is 24.5 Å². The third-order valence-corrected chi connectivity index (χ3v) is 3.43. The van der Waals surface area contributed by atoms with Crippen LogP contribution in [0.2, 0.25) is 0 Å². The van der Waals surface area contributed by atoms with E-state index in [9.17, 15) is 5.11 Å². The number of aromatic nitrogens is 1. The van der Waals surface area contributed by atoms with E-state index in [1.807, 2.05) is 30.5 Å². The molecule has 1 N–H and O–H groups in total. The third-order valence-electron chi connectivity index (χ3n) is 2.54. The highest BCUT2D eigenvalue weighted by atomic mass is 32.1. The molecule has 2 aromatic rings. The van der Waals surface area contributed by atoms with Crippen LogP contribution >= 0.6 is 11.3 Å². The number of aliphatic hydroxyl groups is 1. The number of hydrogen-bond acceptors (Lipinski definition) is 4. The standard InChI is InChI=1S/C13H15NO2S/c1-8-4-5-10(12(6-8)16-3)13-14-11(7-17-13)9(2)15/h4-7,9,15H,1-3H3. The van der Waals surface area contributed by atoms with Crippen LogP contribution in [0.1, 0.15) is 24.3 Å². The van der Waals surface area contributed by atoms with E-state index in [0.717, 1.165) is 21.9 Å². The molecular formula is C13H15NO2S. The number of hydrogen-bond donors (Lipinski definition) is 1. The lowest BCUT2D eigenvalue weighted by Gasteiger charge is -2.06. The van der Waals surface area contributed by atoms with E-state index in [0.29, 0.717) is 5.69 Å². The summed E-state index contributed by atoms with van der Waals surface area (Å²) in [6.45, 7) is 3.74. The lowest BCUT2D eigenvalue weighted by Crippen LogP contribution is -1.92. The Balaban J connectivity index is 2.44. The molecule has 0 bridgehead atoms. The molecule has 2 rings (SSSR count). The molecule has 0 aliphatic heterocycles. The summed E-state index contributed by atoms with van der Waals surface area (Å²) < 4.78 is 5.35. The number of nitrogens with zero attached hydrogens (tertiary/aromatic N) is 1. The van der Waals surface area contributed by atoms with Gasteiger partial charge in [-0.25, -0.2) is 4.98 Å². The molecule has 0 spiro atoms. The van der Waals surface area contributed by atoms with E-state index in [2.05, 4.69) is 4.98 Å². The Labute approximate surface area is 105 Å². The maximum Gasteiger partial charge on any atom is 0.129 e. The molecule has 1 aromatic heterocycles. The Morgan fingerprint density at radius 3 is 2.76 bits per heavy atom. The van der Waals surface area contributed by atoms with Crippen molar-refractivity contribution in [2.45, 2.75) is 20.0 Å². The van der Waals surface area contributed by atoms with Gasteiger partial charge < -0.3 is 9.84 Å². The van der Waals surface area contributed by atoms with Crippen LogP contribution in [0.15, 0.2) is 23.6 Å². The molecule has 0 radical (unpaired) electrons. The summed E-state index contributed by atoms with van der Waals surface area (Å²) in [5.74, 6) is 0.816. The van der Waals surface area contributed by atoms with Crippen molar-refractivity contribution in [1.29, 1.82) is 0 Å². The van der Waals surface area contributed by atoms with E-state index in [-0.39, 0.29) is 0 Å². The normalized spacial score (nSPS) is 12.5. The van der Waals surface area contributed by atoms with E-state index in [1.165, 1.54) is 11.3 Å². The van der Waals surface area contributed by atoms with E-state index in [4.69, 9.17) is 4.74 Å². The molecule has 0 saturated heterocycles. The van der Waals surface area contributed by atoms with Gasteiger partial charge in [-0.15, -0.1) is 11.3 Å². The lowest BCUT2D eigenvalue weighted by molar-refractivity contribution is 0.195. The average molecular weight is 249 g/mol. The van der Waals surface area contributed by atoms with Gasteiger partial charge in [0.15, 0.2) is 0 Å². The number of aliphatic hydroxyl groups excluding tert-OH is 1. The van der Waals surface area contributed by atoms with Gasteiger partial charge in [0.25, 0.3) is 0 Å². The van der Waals surface area contributed by atoms with Crippen molar-refractivity contribution in [3.63, 3.8) is 0 Å². The minimum atomic E-state index is -0.531. The Kier molecular flexibility index (Phi) is 3.45. The van der Waals surface area contributed by atoms with Crippen molar-refractivity contribution < 1.29 is 9.84 Å². The van der Waals surface area contributed by atoms with Gasteiger partial charge in [-0.3, -0.25) is 0 Å². The minimum Gasteiger partial charge on any atom is -0.496 e. The Bertz CT molecular complexity index is 520. The minimum absolute atomic E-state index is 0.531. The fourth-order valence-electron chi connectivity index (χ4n) is 1.58. The van der Waals surface area contributed by atoms with Crippen LogP contribution in [-0.4, -0.2) is 17.2 Å². The lowest BCUT2D eigenvalue weighted by atomic mass is 10.1. The van der Waals surface area contributed by atoms with E-state index < -0.39 is 6.10 Å². The second-order valence-corrected chi connectivity index (χ2v) is 4.82. The molecule has 1 unspecified atom stereocenters. The molecule has 0 aliphatic rings. The Morgan fingerprint density at radius 2 is 2.18 bits per heavy atom. The summed E-state index contributed by atoms with van der Waals surface area (Å²) in [7, 11) is 1.65. The predicted octanol–water partition coefficient (Wildman–Crippen LogP) is 3.18. The molecule has 90 valence electrons. The molecule has 0 aliphatic carbocycles. The molecule has 3 nitrogen and oxygen atoms in total. The zero-order valence-corrected chi connectivity index (χ0v) is 10.9. The van der Waals surface area contributed by atoms with Crippen molar-refractivity contribution in [3.05, 3.63) is 34.8 Å². The summed E-state index contributed by atoms with van der Waals surface area (Å²) in [6.07, 6.45) is -0.531. The first-order chi connectivity index (χ1) is 8.11. The number of thiazole rings is 1. The van der Waals surface area contributed by atoms with Crippen LogP contribution in [0.25, 0.3) is 10.6 Å². The number of ether oxygens (including phenoxy) is 1. The predicted molar refractivity (Wildman–Crippen MR) is 69.5 cm³/mol. The largest absolute Gasteiger partial charge is 0.496 e. The summed E-state index contributed by atoms with van der Waals surface area (Å²) in [5.41, 5.74) is 2.82. The van der Waals surface area contributed by atoms with Crippen LogP contribution in [0.5, 0.6) is 5.75 Å². The van der Waals surface area contributed by atoms with E-state index >= 15 is 0 Å². The summed E-state index contributed by atoms with van der Waals surface area (Å²) >= 11 is 1.52. The van der Waals surface area contributed by atoms with Crippen molar-refractivity contribution in [2.24, 2.45) is 0 Å². The summed E-state index contributed by atoms with van der Waals surface area (Å²) in [4.78, 5) is 4.41. The molecular weight excluding hydrogens is 234 g/mol. The van der Waals surface area contributed by atoms with Crippen LogP contribution in [0.4, 0.5) is 0 Å². The quantitative estimate of drug-likeness (QED) is 0.908. The topological polar surface area (TPSA) is 42.4 Å². The average Bonchev–Trinajstić information content (AvgIpc) is 2.78. The molecule has 0 fully saturated rings. The third kappa shape index (κ3) is 2.48. The van der Waals surface area contributed by atoms with Crippen LogP contribution < -0.4 is 4.74 Å². The van der Waals surface area contributed by atoms with E-state index in [1.54, 1.807) is 14.0 Å².